The van der Waals surface area contributed by atoms with Crippen LogP contribution in [0.25, 0.3) is 0 Å². The van der Waals surface area contributed by atoms with Crippen LogP contribution in [0.3, 0.4) is 0 Å². The van der Waals surface area contributed by atoms with E-state index in [2.05, 4.69) is 10.6 Å². The lowest BCUT2D eigenvalue weighted by Crippen LogP contribution is -2.13. The van der Waals surface area contributed by atoms with Gasteiger partial charge in [-0.1, -0.05) is 0 Å². The first kappa shape index (κ1) is 17.5. The van der Waals surface area contributed by atoms with Crippen LogP contribution >= 0.6 is 0 Å². The quantitative estimate of drug-likeness (QED) is 0.581. The highest BCUT2D eigenvalue weighted by Crippen LogP contribution is 2.33. The molecule has 26 heavy (non-hydrogen) atoms. The second-order valence-corrected chi connectivity index (χ2v) is 5.93. The summed E-state index contributed by atoms with van der Waals surface area (Å²) in [4.78, 5) is 23.4. The summed E-state index contributed by atoms with van der Waals surface area (Å²) < 4.78 is 10.4. The molecule has 8 heteroatoms. The Balaban J connectivity index is 1.83. The Hall–Kier alpha value is -3.29. The molecule has 0 bridgehead atoms. The topological polar surface area (TPSA) is 103 Å². The minimum Gasteiger partial charge on any atom is -0.497 e. The molecule has 0 heterocycles. The van der Waals surface area contributed by atoms with Crippen LogP contribution in [0.2, 0.25) is 0 Å². The summed E-state index contributed by atoms with van der Waals surface area (Å²) in [5, 5.41) is 17.1. The third-order valence-corrected chi connectivity index (χ3v) is 4.05. The number of rotatable bonds is 7. The highest BCUT2D eigenvalue weighted by atomic mass is 16.6. The Morgan fingerprint density at radius 1 is 1.12 bits per heavy atom. The number of nitrogens with zero attached hydrogens (tertiary/aromatic N) is 1. The first-order chi connectivity index (χ1) is 12.5. The summed E-state index contributed by atoms with van der Waals surface area (Å²) in [6, 6.07) is 9.64. The van der Waals surface area contributed by atoms with Crippen molar-refractivity contribution in [3.8, 4) is 11.5 Å². The van der Waals surface area contributed by atoms with Gasteiger partial charge in [-0.25, -0.2) is 0 Å². The number of hydrogen-bond donors (Lipinski definition) is 2. The fourth-order valence-electron chi connectivity index (χ4n) is 2.49. The van der Waals surface area contributed by atoms with E-state index in [-0.39, 0.29) is 17.3 Å². The van der Waals surface area contributed by atoms with Crippen molar-refractivity contribution in [1.82, 2.24) is 0 Å². The van der Waals surface area contributed by atoms with E-state index in [1.54, 1.807) is 30.3 Å². The van der Waals surface area contributed by atoms with E-state index in [4.69, 9.17) is 9.47 Å². The molecule has 1 fully saturated rings. The van der Waals surface area contributed by atoms with Crippen LogP contribution in [-0.4, -0.2) is 31.1 Å². The van der Waals surface area contributed by atoms with Crippen LogP contribution in [0.5, 0.6) is 11.5 Å². The van der Waals surface area contributed by atoms with Crippen molar-refractivity contribution < 1.29 is 19.2 Å². The number of carbonyl (C=O) groups is 1. The number of ether oxygens (including phenoxy) is 2. The van der Waals surface area contributed by atoms with Gasteiger partial charge in [0, 0.05) is 23.7 Å². The predicted octanol–water partition coefficient (Wildman–Crippen LogP) is 3.44. The first-order valence-corrected chi connectivity index (χ1v) is 8.10. The van der Waals surface area contributed by atoms with E-state index in [9.17, 15) is 14.9 Å². The number of anilines is 2. The minimum absolute atomic E-state index is 0.119. The summed E-state index contributed by atoms with van der Waals surface area (Å²) in [5.74, 6) is 0.555. The molecular weight excluding hydrogens is 338 g/mol. The van der Waals surface area contributed by atoms with Crippen LogP contribution in [0, 0.1) is 10.1 Å². The molecule has 8 nitrogen and oxygen atoms in total. The van der Waals surface area contributed by atoms with Crippen LogP contribution in [0.1, 0.15) is 23.2 Å². The molecule has 1 aliphatic rings. The molecule has 2 N–H and O–H groups in total. The van der Waals surface area contributed by atoms with Gasteiger partial charge >= 0.3 is 0 Å². The van der Waals surface area contributed by atoms with Crippen molar-refractivity contribution in [3.63, 3.8) is 0 Å². The molecule has 136 valence electrons. The second-order valence-electron chi connectivity index (χ2n) is 5.93. The number of carbonyl (C=O) groups excluding carboxylic acids is 1. The van der Waals surface area contributed by atoms with Crippen molar-refractivity contribution in [2.24, 2.45) is 0 Å². The number of methoxy groups -OCH3 is 2. The summed E-state index contributed by atoms with van der Waals surface area (Å²) in [7, 11) is 3.01. The van der Waals surface area contributed by atoms with Crippen molar-refractivity contribution >= 4 is 23.0 Å². The van der Waals surface area contributed by atoms with Crippen molar-refractivity contribution in [1.29, 1.82) is 0 Å². The molecule has 2 aromatic rings. The Labute approximate surface area is 150 Å². The smallest absolute Gasteiger partial charge is 0.293 e. The molecule has 0 saturated heterocycles. The molecule has 2 aromatic carbocycles. The zero-order valence-corrected chi connectivity index (χ0v) is 14.4. The van der Waals surface area contributed by atoms with Gasteiger partial charge in [-0.05, 0) is 37.1 Å². The van der Waals surface area contributed by atoms with Crippen molar-refractivity contribution in [2.75, 3.05) is 24.9 Å². The van der Waals surface area contributed by atoms with Crippen molar-refractivity contribution in [3.05, 3.63) is 52.1 Å². The van der Waals surface area contributed by atoms with Crippen LogP contribution in [0.4, 0.5) is 17.1 Å². The largest absolute Gasteiger partial charge is 0.497 e. The fourth-order valence-corrected chi connectivity index (χ4v) is 2.49. The standard InChI is InChI=1S/C18H19N3O5/c1-25-13-6-8-15(17(10-13)26-2)20-18(22)11-3-7-14(19-12-4-5-12)16(9-11)21(23)24/h3,6-10,12,19H,4-5H2,1-2H3,(H,20,22). The van der Waals surface area contributed by atoms with E-state index >= 15 is 0 Å². The summed E-state index contributed by atoms with van der Waals surface area (Å²) >= 11 is 0. The number of amides is 1. The number of nitrogens with one attached hydrogen (secondary N) is 2. The van der Waals surface area contributed by atoms with Crippen LogP contribution in [0.15, 0.2) is 36.4 Å². The van der Waals surface area contributed by atoms with Gasteiger partial charge in [0.25, 0.3) is 11.6 Å². The van der Waals surface area contributed by atoms with Gasteiger partial charge in [0.2, 0.25) is 0 Å². The summed E-state index contributed by atoms with van der Waals surface area (Å²) in [5.41, 5.74) is 0.944. The lowest BCUT2D eigenvalue weighted by molar-refractivity contribution is -0.384. The number of nitro benzene ring substituents is 1. The summed E-state index contributed by atoms with van der Waals surface area (Å²) in [6.07, 6.45) is 1.99. The van der Waals surface area contributed by atoms with Gasteiger partial charge in [-0.3, -0.25) is 14.9 Å². The Morgan fingerprint density at radius 2 is 1.85 bits per heavy atom. The van der Waals surface area contributed by atoms with Gasteiger partial charge in [0.1, 0.15) is 17.2 Å². The van der Waals surface area contributed by atoms with E-state index < -0.39 is 10.8 Å². The lowest BCUT2D eigenvalue weighted by Gasteiger charge is -2.12. The van der Waals surface area contributed by atoms with E-state index in [1.165, 1.54) is 20.3 Å². The molecule has 0 atom stereocenters. The molecule has 0 unspecified atom stereocenters. The summed E-state index contributed by atoms with van der Waals surface area (Å²) in [6.45, 7) is 0. The van der Waals surface area contributed by atoms with E-state index in [1.807, 2.05) is 0 Å². The Bertz CT molecular complexity index is 849. The van der Waals surface area contributed by atoms with Gasteiger partial charge < -0.3 is 20.1 Å². The zero-order chi connectivity index (χ0) is 18.7. The number of hydrogen-bond acceptors (Lipinski definition) is 6. The Kier molecular flexibility index (Phi) is 4.92. The predicted molar refractivity (Wildman–Crippen MR) is 97.2 cm³/mol. The van der Waals surface area contributed by atoms with Crippen molar-refractivity contribution in [2.45, 2.75) is 18.9 Å². The van der Waals surface area contributed by atoms with E-state index in [0.29, 0.717) is 22.9 Å². The first-order valence-electron chi connectivity index (χ1n) is 8.10. The molecule has 1 amide bonds. The average molecular weight is 357 g/mol. The zero-order valence-electron chi connectivity index (χ0n) is 14.4. The van der Waals surface area contributed by atoms with Crippen LogP contribution in [-0.2, 0) is 0 Å². The second kappa shape index (κ2) is 7.30. The minimum atomic E-state index is -0.491. The van der Waals surface area contributed by atoms with Crippen LogP contribution < -0.4 is 20.1 Å². The molecule has 0 aromatic heterocycles. The normalized spacial score (nSPS) is 13.0. The SMILES string of the molecule is COc1ccc(NC(=O)c2ccc(NC3CC3)c([N+](=O)[O-])c2)c(OC)c1. The lowest BCUT2D eigenvalue weighted by atomic mass is 10.1. The van der Waals surface area contributed by atoms with Gasteiger partial charge in [0.15, 0.2) is 0 Å². The monoisotopic (exact) mass is 357 g/mol. The van der Waals surface area contributed by atoms with Gasteiger partial charge in [0.05, 0.1) is 24.8 Å². The highest BCUT2D eigenvalue weighted by Gasteiger charge is 2.25. The average Bonchev–Trinajstić information content (AvgIpc) is 3.46. The third kappa shape index (κ3) is 3.85. The fraction of sp³-hybridized carbons (Fsp3) is 0.278. The molecule has 3 rings (SSSR count). The van der Waals surface area contributed by atoms with Gasteiger partial charge in [-0.2, -0.15) is 0 Å². The number of benzene rings is 2. The molecule has 0 spiro atoms. The van der Waals surface area contributed by atoms with E-state index in [0.717, 1.165) is 12.8 Å². The number of nitro groups is 1. The molecule has 0 radical (unpaired) electrons. The third-order valence-electron chi connectivity index (χ3n) is 4.05. The molecular formula is C18H19N3O5. The Morgan fingerprint density at radius 3 is 2.46 bits per heavy atom. The maximum atomic E-state index is 12.5. The highest BCUT2D eigenvalue weighted by molar-refractivity contribution is 6.05. The van der Waals surface area contributed by atoms with Gasteiger partial charge in [-0.15, -0.1) is 0 Å². The maximum Gasteiger partial charge on any atom is 0.293 e. The molecule has 1 saturated carbocycles. The maximum absolute atomic E-state index is 12.5. The molecule has 1 aliphatic carbocycles. The molecule has 0 aliphatic heterocycles.